The van der Waals surface area contributed by atoms with Gasteiger partial charge >= 0.3 is 0 Å². The zero-order valence-corrected chi connectivity index (χ0v) is 12.1. The van der Waals surface area contributed by atoms with Gasteiger partial charge in [-0.2, -0.15) is 0 Å². The topological polar surface area (TPSA) is 75.4 Å². The van der Waals surface area contributed by atoms with Crippen LogP contribution in [0.5, 0.6) is 0 Å². The summed E-state index contributed by atoms with van der Waals surface area (Å²) in [5, 5.41) is 1.64. The van der Waals surface area contributed by atoms with Crippen LogP contribution in [0, 0.1) is 0 Å². The van der Waals surface area contributed by atoms with Crippen LogP contribution in [0.1, 0.15) is 19.3 Å². The molecule has 102 valence electrons. The number of nitrogen functional groups attached to an aromatic ring is 1. The van der Waals surface area contributed by atoms with Crippen LogP contribution in [0.25, 0.3) is 0 Å². The number of sulfonamides is 1. The van der Waals surface area contributed by atoms with Crippen LogP contribution in [0.2, 0.25) is 0 Å². The van der Waals surface area contributed by atoms with Gasteiger partial charge < -0.3 is 10.6 Å². The Morgan fingerprint density at radius 1 is 1.56 bits per heavy atom. The highest BCUT2D eigenvalue weighted by atomic mass is 32.2. The third-order valence-corrected chi connectivity index (χ3v) is 6.17. The molecule has 0 aromatic carbocycles. The van der Waals surface area contributed by atoms with Gasteiger partial charge in [0, 0.05) is 23.7 Å². The third kappa shape index (κ3) is 3.23. The number of hydrogen-bond donors (Lipinski definition) is 2. The summed E-state index contributed by atoms with van der Waals surface area (Å²) in [6.07, 6.45) is 3.41. The molecule has 1 fully saturated rings. The quantitative estimate of drug-likeness (QED) is 0.870. The Kier molecular flexibility index (Phi) is 4.26. The Morgan fingerprint density at radius 2 is 2.33 bits per heavy atom. The van der Waals surface area contributed by atoms with Gasteiger partial charge in [-0.25, -0.2) is 13.1 Å². The maximum absolute atomic E-state index is 12.0. The summed E-state index contributed by atoms with van der Waals surface area (Å²) in [7, 11) is -1.36. The van der Waals surface area contributed by atoms with Crippen LogP contribution in [-0.2, 0) is 10.0 Å². The molecule has 0 radical (unpaired) electrons. The summed E-state index contributed by atoms with van der Waals surface area (Å²) in [4.78, 5) is 2.22. The molecule has 0 aliphatic carbocycles. The lowest BCUT2D eigenvalue weighted by molar-refractivity contribution is 0.187. The highest BCUT2D eigenvalue weighted by Gasteiger charge is 2.22. The van der Waals surface area contributed by atoms with Gasteiger partial charge in [0.1, 0.15) is 4.21 Å². The minimum absolute atomic E-state index is 0.290. The van der Waals surface area contributed by atoms with Crippen LogP contribution in [0.15, 0.2) is 15.7 Å². The Labute approximate surface area is 112 Å². The minimum atomic E-state index is -3.40. The standard InChI is InChI=1S/C11H19N3O2S2/c1-14-5-3-2-4-10(14)7-13-18(15,16)11-6-9(12)8-17-11/h6,8,10,13H,2-5,7,12H2,1H3. The maximum atomic E-state index is 12.0. The monoisotopic (exact) mass is 289 g/mol. The van der Waals surface area contributed by atoms with Gasteiger partial charge in [-0.05, 0) is 32.5 Å². The van der Waals surface area contributed by atoms with Crippen LogP contribution in [0.3, 0.4) is 0 Å². The number of likely N-dealkylation sites (N-methyl/N-ethyl adjacent to an activating group) is 1. The molecule has 1 atom stereocenters. The normalized spacial score (nSPS) is 22.2. The van der Waals surface area contributed by atoms with Gasteiger partial charge in [0.15, 0.2) is 0 Å². The second-order valence-electron chi connectivity index (χ2n) is 4.68. The number of thiophene rings is 1. The molecule has 18 heavy (non-hydrogen) atoms. The SMILES string of the molecule is CN1CCCCC1CNS(=O)(=O)c1cc(N)cs1. The number of rotatable bonds is 4. The summed E-state index contributed by atoms with van der Waals surface area (Å²) in [6.45, 7) is 1.51. The number of hydrogen-bond acceptors (Lipinski definition) is 5. The predicted octanol–water partition coefficient (Wildman–Crippen LogP) is 1.09. The van der Waals surface area contributed by atoms with E-state index in [0.29, 0.717) is 22.5 Å². The molecule has 0 amide bonds. The first-order valence-electron chi connectivity index (χ1n) is 6.03. The lowest BCUT2D eigenvalue weighted by atomic mass is 10.0. The first-order valence-corrected chi connectivity index (χ1v) is 8.39. The Hall–Kier alpha value is -0.630. The molecule has 2 heterocycles. The van der Waals surface area contributed by atoms with Crippen LogP contribution in [-0.4, -0.2) is 39.5 Å². The number of nitrogens with zero attached hydrogens (tertiary/aromatic N) is 1. The average Bonchev–Trinajstić information content (AvgIpc) is 2.76. The number of likely N-dealkylation sites (tertiary alicyclic amines) is 1. The van der Waals surface area contributed by atoms with E-state index in [-0.39, 0.29) is 0 Å². The molecular weight excluding hydrogens is 270 g/mol. The molecular formula is C11H19N3O2S2. The van der Waals surface area contributed by atoms with Crippen molar-refractivity contribution in [3.8, 4) is 0 Å². The fourth-order valence-electron chi connectivity index (χ4n) is 2.15. The Bertz CT molecular complexity index is 498. The van der Waals surface area contributed by atoms with E-state index in [2.05, 4.69) is 9.62 Å². The third-order valence-electron chi connectivity index (χ3n) is 3.29. The molecule has 1 aromatic rings. The highest BCUT2D eigenvalue weighted by molar-refractivity contribution is 7.91. The van der Waals surface area contributed by atoms with Crippen LogP contribution < -0.4 is 10.5 Å². The van der Waals surface area contributed by atoms with E-state index >= 15 is 0 Å². The largest absolute Gasteiger partial charge is 0.398 e. The average molecular weight is 289 g/mol. The highest BCUT2D eigenvalue weighted by Crippen LogP contribution is 2.22. The van der Waals surface area contributed by atoms with Crippen molar-refractivity contribution in [2.45, 2.75) is 29.5 Å². The fourth-order valence-corrected chi connectivity index (χ4v) is 4.35. The number of anilines is 1. The van der Waals surface area contributed by atoms with Gasteiger partial charge in [-0.1, -0.05) is 6.42 Å². The molecule has 1 saturated heterocycles. The Balaban J connectivity index is 1.96. The van der Waals surface area contributed by atoms with Gasteiger partial charge in [0.2, 0.25) is 10.0 Å². The zero-order chi connectivity index (χ0) is 13.2. The van der Waals surface area contributed by atoms with Crippen molar-refractivity contribution in [3.63, 3.8) is 0 Å². The molecule has 2 rings (SSSR count). The van der Waals surface area contributed by atoms with E-state index in [1.807, 2.05) is 7.05 Å². The molecule has 5 nitrogen and oxygen atoms in total. The molecule has 1 aromatic heterocycles. The van der Waals surface area contributed by atoms with Crippen molar-refractivity contribution in [1.29, 1.82) is 0 Å². The summed E-state index contributed by atoms with van der Waals surface area (Å²) in [6, 6.07) is 1.79. The van der Waals surface area contributed by atoms with Crippen LogP contribution >= 0.6 is 11.3 Å². The van der Waals surface area contributed by atoms with Gasteiger partial charge in [0.05, 0.1) is 0 Å². The number of nitrogens with one attached hydrogen (secondary N) is 1. The summed E-state index contributed by atoms with van der Waals surface area (Å²) in [5.41, 5.74) is 6.04. The lowest BCUT2D eigenvalue weighted by Crippen LogP contribution is -2.44. The molecule has 3 N–H and O–H groups in total. The van der Waals surface area contributed by atoms with E-state index in [0.717, 1.165) is 24.3 Å². The minimum Gasteiger partial charge on any atom is -0.398 e. The molecule has 0 spiro atoms. The van der Waals surface area contributed by atoms with Crippen molar-refractivity contribution >= 4 is 27.0 Å². The second-order valence-corrected chi connectivity index (χ2v) is 7.59. The van der Waals surface area contributed by atoms with Gasteiger partial charge in [-0.3, -0.25) is 0 Å². The molecule has 1 aliphatic rings. The van der Waals surface area contributed by atoms with Crippen molar-refractivity contribution in [2.24, 2.45) is 0 Å². The molecule has 1 unspecified atom stereocenters. The summed E-state index contributed by atoms with van der Waals surface area (Å²) in [5.74, 6) is 0. The van der Waals surface area contributed by atoms with E-state index in [1.165, 1.54) is 18.9 Å². The van der Waals surface area contributed by atoms with Crippen molar-refractivity contribution < 1.29 is 8.42 Å². The molecule has 1 aliphatic heterocycles. The van der Waals surface area contributed by atoms with E-state index in [9.17, 15) is 8.42 Å². The van der Waals surface area contributed by atoms with Crippen molar-refractivity contribution in [2.75, 3.05) is 25.9 Å². The zero-order valence-electron chi connectivity index (χ0n) is 10.4. The number of piperidine rings is 1. The van der Waals surface area contributed by atoms with E-state index < -0.39 is 10.0 Å². The van der Waals surface area contributed by atoms with Crippen molar-refractivity contribution in [3.05, 3.63) is 11.4 Å². The van der Waals surface area contributed by atoms with Crippen molar-refractivity contribution in [1.82, 2.24) is 9.62 Å². The van der Waals surface area contributed by atoms with Crippen LogP contribution in [0.4, 0.5) is 5.69 Å². The number of nitrogens with two attached hydrogens (primary N) is 1. The molecule has 0 saturated carbocycles. The summed E-state index contributed by atoms with van der Waals surface area (Å²) < 4.78 is 27.0. The first kappa shape index (κ1) is 13.8. The second kappa shape index (κ2) is 5.56. The van der Waals surface area contributed by atoms with Gasteiger partial charge in [0.25, 0.3) is 0 Å². The van der Waals surface area contributed by atoms with E-state index in [4.69, 9.17) is 5.73 Å². The summed E-state index contributed by atoms with van der Waals surface area (Å²) >= 11 is 1.15. The lowest BCUT2D eigenvalue weighted by Gasteiger charge is -2.32. The smallest absolute Gasteiger partial charge is 0.250 e. The molecule has 0 bridgehead atoms. The van der Waals surface area contributed by atoms with E-state index in [1.54, 1.807) is 5.38 Å². The first-order chi connectivity index (χ1) is 8.49. The molecule has 7 heteroatoms. The maximum Gasteiger partial charge on any atom is 0.250 e. The predicted molar refractivity (Wildman–Crippen MR) is 74.2 cm³/mol. The van der Waals surface area contributed by atoms with Gasteiger partial charge in [-0.15, -0.1) is 11.3 Å². The fraction of sp³-hybridized carbons (Fsp3) is 0.636. The Morgan fingerprint density at radius 3 is 2.94 bits per heavy atom.